The molecule has 2 heteroatoms. The minimum atomic E-state index is 1.08. The van der Waals surface area contributed by atoms with Crippen LogP contribution in [0.2, 0.25) is 0 Å². The van der Waals surface area contributed by atoms with Crippen molar-refractivity contribution in [3.8, 4) is 0 Å². The van der Waals surface area contributed by atoms with E-state index < -0.39 is 0 Å². The molecule has 0 aliphatic heterocycles. The first-order valence-corrected chi connectivity index (χ1v) is 6.80. The van der Waals surface area contributed by atoms with Crippen LogP contribution in [0.4, 0.5) is 0 Å². The Morgan fingerprint density at radius 2 is 1.53 bits per heavy atom. The van der Waals surface area contributed by atoms with E-state index in [4.69, 9.17) is 0 Å². The maximum atomic E-state index is 3.49. The number of aryl methyl sites for hydroxylation is 1. The summed E-state index contributed by atoms with van der Waals surface area (Å²) in [5.41, 5.74) is 2.76. The maximum absolute atomic E-state index is 3.49. The SMILES string of the molecule is CCCNCCCNCCc1ccc(C)cc1. The second-order valence-corrected chi connectivity index (χ2v) is 4.59. The Bertz CT molecular complexity index is 279. The van der Waals surface area contributed by atoms with E-state index in [1.54, 1.807) is 0 Å². The smallest absolute Gasteiger partial charge is 0.000834 e. The second-order valence-electron chi connectivity index (χ2n) is 4.59. The molecule has 0 amide bonds. The van der Waals surface area contributed by atoms with Crippen molar-refractivity contribution in [2.45, 2.75) is 33.1 Å². The quantitative estimate of drug-likeness (QED) is 0.642. The van der Waals surface area contributed by atoms with Crippen LogP contribution in [0.5, 0.6) is 0 Å². The molecule has 0 saturated carbocycles. The molecule has 2 nitrogen and oxygen atoms in total. The number of hydrogen-bond donors (Lipinski definition) is 2. The third-order valence-corrected chi connectivity index (χ3v) is 2.84. The molecule has 1 aromatic rings. The number of rotatable bonds is 9. The molecule has 0 aromatic heterocycles. The molecular formula is C15H26N2. The van der Waals surface area contributed by atoms with Crippen LogP contribution in [-0.4, -0.2) is 26.2 Å². The summed E-state index contributed by atoms with van der Waals surface area (Å²) in [7, 11) is 0. The van der Waals surface area contributed by atoms with Gasteiger partial charge in [-0.1, -0.05) is 36.8 Å². The van der Waals surface area contributed by atoms with Gasteiger partial charge in [0.1, 0.15) is 0 Å². The van der Waals surface area contributed by atoms with Gasteiger partial charge in [-0.25, -0.2) is 0 Å². The molecule has 0 spiro atoms. The van der Waals surface area contributed by atoms with Gasteiger partial charge in [0.2, 0.25) is 0 Å². The summed E-state index contributed by atoms with van der Waals surface area (Å²) in [5.74, 6) is 0. The van der Waals surface area contributed by atoms with Crippen molar-refractivity contribution in [3.05, 3.63) is 35.4 Å². The molecule has 0 bridgehead atoms. The third-order valence-electron chi connectivity index (χ3n) is 2.84. The fourth-order valence-corrected chi connectivity index (χ4v) is 1.75. The van der Waals surface area contributed by atoms with E-state index in [2.05, 4.69) is 48.7 Å². The van der Waals surface area contributed by atoms with Crippen LogP contribution in [0.3, 0.4) is 0 Å². The Hall–Kier alpha value is -0.860. The zero-order chi connectivity index (χ0) is 12.3. The highest BCUT2D eigenvalue weighted by molar-refractivity contribution is 5.21. The lowest BCUT2D eigenvalue weighted by molar-refractivity contribution is 0.593. The summed E-state index contributed by atoms with van der Waals surface area (Å²) in [6.07, 6.45) is 3.57. The fraction of sp³-hybridized carbons (Fsp3) is 0.600. The molecule has 0 radical (unpaired) electrons. The zero-order valence-electron chi connectivity index (χ0n) is 11.3. The van der Waals surface area contributed by atoms with E-state index in [0.29, 0.717) is 0 Å². The maximum Gasteiger partial charge on any atom is -0.000834 e. The number of benzene rings is 1. The van der Waals surface area contributed by atoms with Crippen LogP contribution in [0.25, 0.3) is 0 Å². The minimum Gasteiger partial charge on any atom is -0.317 e. The highest BCUT2D eigenvalue weighted by Crippen LogP contribution is 2.02. The van der Waals surface area contributed by atoms with Gasteiger partial charge in [-0.3, -0.25) is 0 Å². The summed E-state index contributed by atoms with van der Waals surface area (Å²) in [6.45, 7) is 8.80. The first-order valence-electron chi connectivity index (χ1n) is 6.80. The van der Waals surface area contributed by atoms with Crippen molar-refractivity contribution >= 4 is 0 Å². The molecule has 17 heavy (non-hydrogen) atoms. The monoisotopic (exact) mass is 234 g/mol. The van der Waals surface area contributed by atoms with E-state index in [1.165, 1.54) is 24.0 Å². The minimum absolute atomic E-state index is 1.08. The molecule has 0 aliphatic carbocycles. The van der Waals surface area contributed by atoms with Gasteiger partial charge in [0, 0.05) is 0 Å². The first-order chi connectivity index (χ1) is 8.33. The Morgan fingerprint density at radius 1 is 0.882 bits per heavy atom. The van der Waals surface area contributed by atoms with Gasteiger partial charge in [0.15, 0.2) is 0 Å². The van der Waals surface area contributed by atoms with Crippen LogP contribution in [-0.2, 0) is 6.42 Å². The van der Waals surface area contributed by atoms with Crippen LogP contribution in [0.1, 0.15) is 30.9 Å². The van der Waals surface area contributed by atoms with Gasteiger partial charge < -0.3 is 10.6 Å². The van der Waals surface area contributed by atoms with Crippen molar-refractivity contribution in [2.75, 3.05) is 26.2 Å². The molecule has 0 unspecified atom stereocenters. The predicted molar refractivity (Wildman–Crippen MR) is 75.5 cm³/mol. The zero-order valence-corrected chi connectivity index (χ0v) is 11.3. The van der Waals surface area contributed by atoms with Crippen molar-refractivity contribution < 1.29 is 0 Å². The van der Waals surface area contributed by atoms with Crippen molar-refractivity contribution in [2.24, 2.45) is 0 Å². The largest absolute Gasteiger partial charge is 0.317 e. The van der Waals surface area contributed by atoms with Crippen molar-refractivity contribution in [3.63, 3.8) is 0 Å². The molecular weight excluding hydrogens is 208 g/mol. The summed E-state index contributed by atoms with van der Waals surface area (Å²) in [4.78, 5) is 0. The lowest BCUT2D eigenvalue weighted by atomic mass is 10.1. The Morgan fingerprint density at radius 3 is 2.18 bits per heavy atom. The Balaban J connectivity index is 1.95. The van der Waals surface area contributed by atoms with E-state index >= 15 is 0 Å². The van der Waals surface area contributed by atoms with Gasteiger partial charge >= 0.3 is 0 Å². The van der Waals surface area contributed by atoms with Gasteiger partial charge in [0.05, 0.1) is 0 Å². The van der Waals surface area contributed by atoms with Crippen LogP contribution >= 0.6 is 0 Å². The first kappa shape index (κ1) is 14.2. The number of nitrogens with one attached hydrogen (secondary N) is 2. The Kier molecular flexibility index (Phi) is 7.69. The van der Waals surface area contributed by atoms with Crippen molar-refractivity contribution in [1.82, 2.24) is 10.6 Å². The van der Waals surface area contributed by atoms with E-state index in [0.717, 1.165) is 32.6 Å². The van der Waals surface area contributed by atoms with Gasteiger partial charge in [-0.05, 0) is 57.9 Å². The van der Waals surface area contributed by atoms with Crippen LogP contribution < -0.4 is 10.6 Å². The van der Waals surface area contributed by atoms with Gasteiger partial charge in [-0.2, -0.15) is 0 Å². The molecule has 1 rings (SSSR count). The predicted octanol–water partition coefficient (Wildman–Crippen LogP) is 2.52. The highest BCUT2D eigenvalue weighted by atomic mass is 14.9. The van der Waals surface area contributed by atoms with E-state index in [-0.39, 0.29) is 0 Å². The molecule has 0 aliphatic rings. The molecule has 2 N–H and O–H groups in total. The number of hydrogen-bond acceptors (Lipinski definition) is 2. The topological polar surface area (TPSA) is 24.1 Å². The average Bonchev–Trinajstić information content (AvgIpc) is 2.35. The highest BCUT2D eigenvalue weighted by Gasteiger charge is 1.93. The van der Waals surface area contributed by atoms with E-state index in [9.17, 15) is 0 Å². The molecule has 0 atom stereocenters. The van der Waals surface area contributed by atoms with Gasteiger partial charge in [-0.15, -0.1) is 0 Å². The van der Waals surface area contributed by atoms with Crippen LogP contribution in [0.15, 0.2) is 24.3 Å². The second kappa shape index (κ2) is 9.20. The van der Waals surface area contributed by atoms with Crippen LogP contribution in [0, 0.1) is 6.92 Å². The van der Waals surface area contributed by atoms with Crippen molar-refractivity contribution in [1.29, 1.82) is 0 Å². The molecule has 0 saturated heterocycles. The fourth-order valence-electron chi connectivity index (χ4n) is 1.75. The lowest BCUT2D eigenvalue weighted by Gasteiger charge is -2.06. The summed E-state index contributed by atoms with van der Waals surface area (Å²) in [6, 6.07) is 8.81. The normalized spacial score (nSPS) is 10.7. The lowest BCUT2D eigenvalue weighted by Crippen LogP contribution is -2.23. The summed E-state index contributed by atoms with van der Waals surface area (Å²) in [5, 5.41) is 6.90. The average molecular weight is 234 g/mol. The molecule has 0 fully saturated rings. The molecule has 0 heterocycles. The Labute approximate surface area is 106 Å². The molecule has 96 valence electrons. The van der Waals surface area contributed by atoms with Gasteiger partial charge in [0.25, 0.3) is 0 Å². The third kappa shape index (κ3) is 7.14. The standard InChI is InChI=1S/C15H26N2/c1-3-10-16-11-4-12-17-13-9-15-7-5-14(2)6-8-15/h5-8,16-17H,3-4,9-13H2,1-2H3. The summed E-state index contributed by atoms with van der Waals surface area (Å²) < 4.78 is 0. The summed E-state index contributed by atoms with van der Waals surface area (Å²) >= 11 is 0. The van der Waals surface area contributed by atoms with E-state index in [1.807, 2.05) is 0 Å². The molecule has 1 aromatic carbocycles.